The largest absolute Gasteiger partial charge is 0.165 e. The maximum absolute atomic E-state index is 5.37. The van der Waals surface area contributed by atoms with Gasteiger partial charge in [0.1, 0.15) is 0 Å². The van der Waals surface area contributed by atoms with E-state index in [-0.39, 0.29) is 0 Å². The van der Waals surface area contributed by atoms with E-state index in [0.717, 1.165) is 23.9 Å². The van der Waals surface area contributed by atoms with E-state index in [2.05, 4.69) is 6.26 Å². The highest BCUT2D eigenvalue weighted by atomic mass is 35.5. The Bertz CT molecular complexity index is 47.7. The van der Waals surface area contributed by atoms with E-state index in [0.29, 0.717) is 0 Å². The first kappa shape index (κ1) is 14.8. The molecule has 0 saturated heterocycles. The Hall–Kier alpha value is 1.28. The van der Waals surface area contributed by atoms with E-state index >= 15 is 0 Å². The van der Waals surface area contributed by atoms with Crippen molar-refractivity contribution < 1.29 is 0 Å². The van der Waals surface area contributed by atoms with Gasteiger partial charge in [-0.2, -0.15) is 23.5 Å². The molecule has 0 bridgehead atoms. The van der Waals surface area contributed by atoms with Crippen LogP contribution < -0.4 is 0 Å². The van der Waals surface area contributed by atoms with Crippen molar-refractivity contribution in [2.24, 2.45) is 0 Å². The molecule has 0 heterocycles. The lowest BCUT2D eigenvalue weighted by atomic mass is 10.6. The van der Waals surface area contributed by atoms with Gasteiger partial charge >= 0.3 is 0 Å². The second-order valence-electron chi connectivity index (χ2n) is 1.72. The molecule has 0 saturated carbocycles. The van der Waals surface area contributed by atoms with Crippen molar-refractivity contribution in [1.29, 1.82) is 0 Å². The molecule has 0 nitrogen and oxygen atoms in total. The molecule has 0 radical (unpaired) electrons. The summed E-state index contributed by atoms with van der Waals surface area (Å²) in [7, 11) is 0. The summed E-state index contributed by atoms with van der Waals surface area (Å²) in [4.78, 5) is 0. The van der Waals surface area contributed by atoms with Crippen LogP contribution >= 0.6 is 46.7 Å². The molecule has 0 fully saturated rings. The molecule has 0 N–H and O–H groups in total. The molecule has 0 aliphatic carbocycles. The maximum atomic E-state index is 5.37. The molecule has 0 aromatic rings. The molecule has 0 aromatic carbocycles. The molecule has 4 heteroatoms. The third kappa shape index (κ3) is 24.6. The molecule has 0 rings (SSSR count). The zero-order valence-corrected chi connectivity index (χ0v) is 10.3. The minimum atomic E-state index is 0.779. The summed E-state index contributed by atoms with van der Waals surface area (Å²) in [5, 5.41) is 0. The van der Waals surface area contributed by atoms with Crippen molar-refractivity contribution in [3.05, 3.63) is 0 Å². The van der Waals surface area contributed by atoms with Crippen LogP contribution in [0.4, 0.5) is 0 Å². The predicted octanol–water partition coefficient (Wildman–Crippen LogP) is 3.57. The highest BCUT2D eigenvalue weighted by Crippen LogP contribution is 1.95. The smallest absolute Gasteiger partial charge is 0.0314 e. The molecule has 11 heavy (non-hydrogen) atoms. The lowest BCUT2D eigenvalue weighted by Crippen LogP contribution is -1.75. The lowest BCUT2D eigenvalue weighted by molar-refractivity contribution is 1.12. The van der Waals surface area contributed by atoms with Gasteiger partial charge in [-0.1, -0.05) is 0 Å². The molecule has 0 atom stereocenters. The average Bonchev–Trinajstić information content (AvgIpc) is 2.04. The van der Waals surface area contributed by atoms with Crippen LogP contribution in [0.2, 0.25) is 0 Å². The third-order valence-electron chi connectivity index (χ3n) is 0.763. The first-order valence-corrected chi connectivity index (χ1v) is 7.29. The molecular formula is C7H16Cl2S2. The van der Waals surface area contributed by atoms with Crippen molar-refractivity contribution in [3.63, 3.8) is 0 Å². The molecule has 0 unspecified atom stereocenters. The van der Waals surface area contributed by atoms with Gasteiger partial charge < -0.3 is 0 Å². The highest BCUT2D eigenvalue weighted by molar-refractivity contribution is 7.98. The number of alkyl halides is 2. The Balaban J connectivity index is 0. The summed E-state index contributed by atoms with van der Waals surface area (Å²) in [6, 6.07) is 0. The maximum Gasteiger partial charge on any atom is 0.0314 e. The fourth-order valence-electron chi connectivity index (χ4n) is 0.276. The van der Waals surface area contributed by atoms with Gasteiger partial charge in [-0.3, -0.25) is 0 Å². The van der Waals surface area contributed by atoms with Crippen LogP contribution in [-0.4, -0.2) is 35.8 Å². The first-order chi connectivity index (χ1) is 5.33. The summed E-state index contributed by atoms with van der Waals surface area (Å²) >= 11 is 14.3. The average molecular weight is 235 g/mol. The summed E-state index contributed by atoms with van der Waals surface area (Å²) in [5.41, 5.74) is 0. The Morgan fingerprint density at radius 3 is 1.55 bits per heavy atom. The predicted molar refractivity (Wildman–Crippen MR) is 62.8 cm³/mol. The van der Waals surface area contributed by atoms with Gasteiger partial charge in [0.05, 0.1) is 0 Å². The van der Waals surface area contributed by atoms with Gasteiger partial charge in [0.15, 0.2) is 0 Å². The summed E-state index contributed by atoms with van der Waals surface area (Å²) in [6.45, 7) is 0. The van der Waals surface area contributed by atoms with Gasteiger partial charge in [-0.25, -0.2) is 0 Å². The van der Waals surface area contributed by atoms with Crippen molar-refractivity contribution in [2.75, 3.05) is 35.8 Å². The Labute approximate surface area is 88.8 Å². The Kier molecular flexibility index (Phi) is 23.4. The van der Waals surface area contributed by atoms with E-state index < -0.39 is 0 Å². The highest BCUT2D eigenvalue weighted by Gasteiger charge is 1.76. The Morgan fingerprint density at radius 2 is 1.45 bits per heavy atom. The first-order valence-electron chi connectivity index (χ1n) is 3.43. The lowest BCUT2D eigenvalue weighted by Gasteiger charge is -1.85. The van der Waals surface area contributed by atoms with Crippen molar-refractivity contribution in [2.45, 2.75) is 6.42 Å². The molecule has 0 spiro atoms. The molecule has 0 amide bonds. The van der Waals surface area contributed by atoms with Crippen LogP contribution in [-0.2, 0) is 0 Å². The normalized spacial score (nSPS) is 8.73. The number of halogens is 2. The van der Waals surface area contributed by atoms with E-state index in [4.69, 9.17) is 23.2 Å². The number of rotatable bonds is 5. The quantitative estimate of drug-likeness (QED) is 0.528. The molecule has 0 aliphatic rings. The third-order valence-corrected chi connectivity index (χ3v) is 2.75. The fourth-order valence-corrected chi connectivity index (χ4v) is 1.62. The van der Waals surface area contributed by atoms with E-state index in [9.17, 15) is 0 Å². The molecular weight excluding hydrogens is 219 g/mol. The van der Waals surface area contributed by atoms with Crippen LogP contribution in [0, 0.1) is 0 Å². The minimum Gasteiger partial charge on any atom is -0.165 e. The zero-order chi connectivity index (χ0) is 8.95. The van der Waals surface area contributed by atoms with E-state index in [1.807, 2.05) is 18.0 Å². The molecule has 0 aromatic heterocycles. The number of hydrogen-bond acceptors (Lipinski definition) is 2. The van der Waals surface area contributed by atoms with Crippen LogP contribution in [0.3, 0.4) is 0 Å². The monoisotopic (exact) mass is 234 g/mol. The van der Waals surface area contributed by atoms with Crippen molar-refractivity contribution in [1.82, 2.24) is 0 Å². The fraction of sp³-hybridized carbons (Fsp3) is 1.00. The van der Waals surface area contributed by atoms with Crippen LogP contribution in [0.1, 0.15) is 6.42 Å². The standard InChI is InChI=1S/C4H9ClS.C3H7ClS/c1-6-4-2-3-5;1-5-3-2-4/h2-4H2,1H3;2-3H2,1H3. The summed E-state index contributed by atoms with van der Waals surface area (Å²) < 4.78 is 0. The SMILES string of the molecule is CSCCCCl.CSCCCl. The summed E-state index contributed by atoms with van der Waals surface area (Å²) in [5.74, 6) is 3.85. The minimum absolute atomic E-state index is 0.779. The zero-order valence-electron chi connectivity index (χ0n) is 7.11. The van der Waals surface area contributed by atoms with Gasteiger partial charge in [-0.05, 0) is 24.7 Å². The van der Waals surface area contributed by atoms with Gasteiger partial charge in [-0.15, -0.1) is 23.2 Å². The van der Waals surface area contributed by atoms with Crippen molar-refractivity contribution >= 4 is 46.7 Å². The number of thioether (sulfide) groups is 2. The van der Waals surface area contributed by atoms with Gasteiger partial charge in [0.2, 0.25) is 0 Å². The van der Waals surface area contributed by atoms with Crippen LogP contribution in [0.15, 0.2) is 0 Å². The van der Waals surface area contributed by atoms with E-state index in [1.54, 1.807) is 11.8 Å². The molecule has 0 aliphatic heterocycles. The second-order valence-corrected chi connectivity index (χ2v) is 4.44. The number of hydrogen-bond donors (Lipinski definition) is 0. The van der Waals surface area contributed by atoms with Gasteiger partial charge in [0, 0.05) is 17.5 Å². The van der Waals surface area contributed by atoms with Crippen LogP contribution in [0.25, 0.3) is 0 Å². The van der Waals surface area contributed by atoms with E-state index in [1.165, 1.54) is 5.75 Å². The Morgan fingerprint density at radius 1 is 0.909 bits per heavy atom. The topological polar surface area (TPSA) is 0 Å². The van der Waals surface area contributed by atoms with Crippen LogP contribution in [0.5, 0.6) is 0 Å². The second kappa shape index (κ2) is 17.4. The summed E-state index contributed by atoms with van der Waals surface area (Å²) in [6.07, 6.45) is 5.28. The van der Waals surface area contributed by atoms with Gasteiger partial charge in [0.25, 0.3) is 0 Å². The van der Waals surface area contributed by atoms with Crippen molar-refractivity contribution in [3.8, 4) is 0 Å². The molecule has 70 valence electrons.